The number of aliphatic carboxylic acids is 1. The molecule has 0 N–H and O–H groups in total. The normalized spacial score (nSPS) is 15.0. The summed E-state index contributed by atoms with van der Waals surface area (Å²) in [6.07, 6.45) is 1.61. The summed E-state index contributed by atoms with van der Waals surface area (Å²) in [7, 11) is 1.52. The summed E-state index contributed by atoms with van der Waals surface area (Å²) in [5, 5.41) is 11.8. The van der Waals surface area contributed by atoms with Crippen LogP contribution in [0.4, 0.5) is 0 Å². The predicted octanol–water partition coefficient (Wildman–Crippen LogP) is 3.53. The largest absolute Gasteiger partial charge is 0.548 e. The number of thiocarbonyl (C=S) groups is 1. The van der Waals surface area contributed by atoms with E-state index < -0.39 is 18.4 Å². The van der Waals surface area contributed by atoms with Crippen molar-refractivity contribution in [2.24, 2.45) is 0 Å². The maximum Gasteiger partial charge on any atom is 0.266 e. The third-order valence-corrected chi connectivity index (χ3v) is 6.01. The van der Waals surface area contributed by atoms with Crippen LogP contribution >= 0.6 is 47.2 Å². The minimum atomic E-state index is -1.38. The fourth-order valence-corrected chi connectivity index (χ4v) is 4.33. The van der Waals surface area contributed by atoms with Crippen molar-refractivity contribution in [1.82, 2.24) is 4.90 Å². The quantitative estimate of drug-likeness (QED) is 0.441. The molecule has 0 spiro atoms. The number of carbonyl (C=O) groups excluding carboxylic acids is 2. The molecule has 30 heavy (non-hydrogen) atoms. The van der Waals surface area contributed by atoms with E-state index >= 15 is 0 Å². The van der Waals surface area contributed by atoms with Crippen LogP contribution in [0.1, 0.15) is 11.1 Å². The molecule has 2 aromatic rings. The Morgan fingerprint density at radius 1 is 1.23 bits per heavy atom. The lowest BCUT2D eigenvalue weighted by Crippen LogP contribution is -2.40. The van der Waals surface area contributed by atoms with E-state index in [0.29, 0.717) is 32.0 Å². The second-order valence-corrected chi connectivity index (χ2v) is 8.59. The summed E-state index contributed by atoms with van der Waals surface area (Å²) in [6, 6.07) is 10.3. The number of nitrogens with zero attached hydrogens (tertiary/aromatic N) is 1. The number of ether oxygens (including phenoxy) is 2. The van der Waals surface area contributed by atoms with Crippen LogP contribution in [0.5, 0.6) is 11.5 Å². The zero-order chi connectivity index (χ0) is 21.8. The third-order valence-electron chi connectivity index (χ3n) is 4.04. The van der Waals surface area contributed by atoms with Gasteiger partial charge in [-0.1, -0.05) is 59.3 Å². The number of rotatable bonds is 7. The van der Waals surface area contributed by atoms with Gasteiger partial charge in [0, 0.05) is 15.6 Å². The molecule has 1 amide bonds. The maximum atomic E-state index is 12.4. The lowest BCUT2D eigenvalue weighted by molar-refractivity contribution is -0.305. The van der Waals surface area contributed by atoms with Crippen molar-refractivity contribution in [1.29, 1.82) is 0 Å². The molecule has 6 nitrogen and oxygen atoms in total. The van der Waals surface area contributed by atoms with Gasteiger partial charge < -0.3 is 19.4 Å². The van der Waals surface area contributed by atoms with E-state index in [4.69, 9.17) is 44.9 Å². The molecular weight excluding hydrogens is 469 g/mol. The Bertz CT molecular complexity index is 1060. The number of amides is 1. The molecule has 0 atom stereocenters. The lowest BCUT2D eigenvalue weighted by Gasteiger charge is -2.14. The van der Waals surface area contributed by atoms with Crippen molar-refractivity contribution in [2.45, 2.75) is 6.61 Å². The summed E-state index contributed by atoms with van der Waals surface area (Å²) >= 11 is 18.2. The topological polar surface area (TPSA) is 78.9 Å². The molecule has 3 rings (SSSR count). The molecule has 0 unspecified atom stereocenters. The number of carboxylic acids is 1. The fraction of sp³-hybridized carbons (Fsp3) is 0.150. The van der Waals surface area contributed by atoms with Gasteiger partial charge in [0.05, 0.1) is 24.5 Å². The van der Waals surface area contributed by atoms with Crippen LogP contribution in [-0.4, -0.2) is 34.8 Å². The second-order valence-electron chi connectivity index (χ2n) is 6.07. The molecule has 0 bridgehead atoms. The smallest absolute Gasteiger partial charge is 0.266 e. The third kappa shape index (κ3) is 5.26. The van der Waals surface area contributed by atoms with Gasteiger partial charge in [-0.3, -0.25) is 9.69 Å². The van der Waals surface area contributed by atoms with Gasteiger partial charge in [-0.25, -0.2) is 0 Å². The monoisotopic (exact) mass is 482 g/mol. The van der Waals surface area contributed by atoms with Crippen LogP contribution in [0, 0.1) is 0 Å². The molecule has 10 heteroatoms. The number of thioether (sulfide) groups is 1. The summed E-state index contributed by atoms with van der Waals surface area (Å²) in [4.78, 5) is 24.5. The van der Waals surface area contributed by atoms with E-state index in [0.717, 1.165) is 22.2 Å². The highest BCUT2D eigenvalue weighted by Crippen LogP contribution is 2.35. The summed E-state index contributed by atoms with van der Waals surface area (Å²) in [5.41, 5.74) is 1.40. The Morgan fingerprint density at radius 3 is 2.67 bits per heavy atom. The molecule has 0 aromatic heterocycles. The highest BCUT2D eigenvalue weighted by Gasteiger charge is 2.31. The Kier molecular flexibility index (Phi) is 7.25. The summed E-state index contributed by atoms with van der Waals surface area (Å²) < 4.78 is 11.4. The van der Waals surface area contributed by atoms with E-state index in [-0.39, 0.29) is 10.9 Å². The Labute approximate surface area is 192 Å². The maximum absolute atomic E-state index is 12.4. The van der Waals surface area contributed by atoms with Crippen LogP contribution in [0.25, 0.3) is 6.08 Å². The molecular formula is C20H14Cl2NO5S2-. The average Bonchev–Trinajstić information content (AvgIpc) is 2.94. The molecule has 156 valence electrons. The summed E-state index contributed by atoms with van der Waals surface area (Å²) in [5.74, 6) is -0.918. The molecule has 1 aliphatic rings. The van der Waals surface area contributed by atoms with Crippen LogP contribution in [0.3, 0.4) is 0 Å². The van der Waals surface area contributed by atoms with Crippen molar-refractivity contribution < 1.29 is 24.2 Å². The molecule has 1 fully saturated rings. The number of benzene rings is 2. The van der Waals surface area contributed by atoms with E-state index in [2.05, 4.69) is 0 Å². The lowest BCUT2D eigenvalue weighted by atomic mass is 10.1. The number of carbonyl (C=O) groups is 2. The summed E-state index contributed by atoms with van der Waals surface area (Å²) in [6.45, 7) is -0.398. The van der Waals surface area contributed by atoms with Gasteiger partial charge in [0.15, 0.2) is 11.5 Å². The zero-order valence-electron chi connectivity index (χ0n) is 15.5. The van der Waals surface area contributed by atoms with Crippen LogP contribution in [0.15, 0.2) is 41.3 Å². The highest BCUT2D eigenvalue weighted by atomic mass is 35.5. The van der Waals surface area contributed by atoms with Gasteiger partial charge in [0.25, 0.3) is 5.91 Å². The first kappa shape index (κ1) is 22.4. The fourth-order valence-electron chi connectivity index (χ4n) is 2.61. The Morgan fingerprint density at radius 2 is 2.00 bits per heavy atom. The highest BCUT2D eigenvalue weighted by molar-refractivity contribution is 8.26. The van der Waals surface area contributed by atoms with Gasteiger partial charge in [0.1, 0.15) is 10.9 Å². The molecule has 0 radical (unpaired) electrons. The standard InChI is InChI=1S/C20H15Cl2NO5S2/c1-27-15-5-2-11(7-17-19(26)23(9-18(24)25)20(29)30-17)6-16(15)28-10-12-3-4-13(21)8-14(12)22/h2-8H,9-10H2,1H3,(H,24,25)/p-1/b17-7+. The molecule has 0 saturated carbocycles. The molecule has 1 heterocycles. The van der Waals surface area contributed by atoms with E-state index in [9.17, 15) is 14.7 Å². The number of hydrogen-bond donors (Lipinski definition) is 0. The van der Waals surface area contributed by atoms with E-state index in [1.54, 1.807) is 42.5 Å². The van der Waals surface area contributed by atoms with Gasteiger partial charge in [0.2, 0.25) is 0 Å². The molecule has 0 aliphatic carbocycles. The van der Waals surface area contributed by atoms with Crippen molar-refractivity contribution >= 4 is 69.5 Å². The molecule has 1 aliphatic heterocycles. The van der Waals surface area contributed by atoms with Gasteiger partial charge >= 0.3 is 0 Å². The van der Waals surface area contributed by atoms with Crippen LogP contribution < -0.4 is 14.6 Å². The zero-order valence-corrected chi connectivity index (χ0v) is 18.7. The first-order valence-electron chi connectivity index (χ1n) is 8.48. The second kappa shape index (κ2) is 9.70. The van der Waals surface area contributed by atoms with Gasteiger partial charge in [-0.2, -0.15) is 0 Å². The molecule has 2 aromatic carbocycles. The van der Waals surface area contributed by atoms with Crippen molar-refractivity contribution in [3.63, 3.8) is 0 Å². The van der Waals surface area contributed by atoms with Crippen LogP contribution in [-0.2, 0) is 16.2 Å². The van der Waals surface area contributed by atoms with E-state index in [1.165, 1.54) is 7.11 Å². The van der Waals surface area contributed by atoms with Gasteiger partial charge in [-0.05, 0) is 35.9 Å². The number of methoxy groups -OCH3 is 1. The average molecular weight is 483 g/mol. The number of carboxylic acid groups (broad SMARTS) is 1. The van der Waals surface area contributed by atoms with Crippen molar-refractivity contribution in [3.8, 4) is 11.5 Å². The van der Waals surface area contributed by atoms with Crippen LogP contribution in [0.2, 0.25) is 10.0 Å². The Hall–Kier alpha value is -2.26. The first-order chi connectivity index (χ1) is 14.3. The minimum Gasteiger partial charge on any atom is -0.548 e. The van der Waals surface area contributed by atoms with Crippen molar-refractivity contribution in [3.05, 3.63) is 62.5 Å². The minimum absolute atomic E-state index is 0.165. The molecule has 1 saturated heterocycles. The Balaban J connectivity index is 1.82. The SMILES string of the molecule is COc1ccc(/C=C2/SC(=S)N(CC(=O)[O-])C2=O)cc1OCc1ccc(Cl)cc1Cl. The first-order valence-corrected chi connectivity index (χ1v) is 10.5. The van der Waals surface area contributed by atoms with Crippen molar-refractivity contribution in [2.75, 3.05) is 13.7 Å². The van der Waals surface area contributed by atoms with Gasteiger partial charge in [-0.15, -0.1) is 0 Å². The number of halogens is 2. The predicted molar refractivity (Wildman–Crippen MR) is 119 cm³/mol. The number of hydrogen-bond acceptors (Lipinski definition) is 7. The van der Waals surface area contributed by atoms with E-state index in [1.807, 2.05) is 0 Å².